The van der Waals surface area contributed by atoms with Crippen LogP contribution in [0.4, 0.5) is 13.2 Å². The van der Waals surface area contributed by atoms with Crippen LogP contribution in [0.15, 0.2) is 0 Å². The first kappa shape index (κ1) is 13.5. The number of amides is 1. The van der Waals surface area contributed by atoms with E-state index in [1.807, 2.05) is 0 Å². The molecule has 0 saturated heterocycles. The molecule has 6 heteroatoms. The maximum absolute atomic E-state index is 11.8. The average Bonchev–Trinajstić information content (AvgIpc) is 1.96. The van der Waals surface area contributed by atoms with E-state index in [4.69, 9.17) is 11.6 Å². The Bertz CT molecular complexity index is 194. The monoisotopic (exact) mass is 231 g/mol. The molecule has 0 heterocycles. The van der Waals surface area contributed by atoms with E-state index < -0.39 is 24.5 Å². The van der Waals surface area contributed by atoms with Crippen LogP contribution < -0.4 is 5.32 Å². The molecule has 14 heavy (non-hydrogen) atoms. The van der Waals surface area contributed by atoms with Gasteiger partial charge in [0.25, 0.3) is 0 Å². The highest BCUT2D eigenvalue weighted by Crippen LogP contribution is 2.19. The Morgan fingerprint density at radius 1 is 1.43 bits per heavy atom. The lowest BCUT2D eigenvalue weighted by Crippen LogP contribution is -2.41. The van der Waals surface area contributed by atoms with Crippen LogP contribution in [0.25, 0.3) is 0 Å². The predicted octanol–water partition coefficient (Wildman–Crippen LogP) is 2.32. The molecule has 0 aliphatic heterocycles. The van der Waals surface area contributed by atoms with E-state index in [1.165, 1.54) is 0 Å². The fourth-order valence-corrected chi connectivity index (χ4v) is 1.26. The van der Waals surface area contributed by atoms with Gasteiger partial charge in [-0.25, -0.2) is 0 Å². The van der Waals surface area contributed by atoms with Gasteiger partial charge in [-0.2, -0.15) is 13.2 Å². The van der Waals surface area contributed by atoms with Crippen molar-refractivity contribution in [3.63, 3.8) is 0 Å². The molecule has 1 N–H and O–H groups in total. The summed E-state index contributed by atoms with van der Waals surface area (Å²) in [7, 11) is 0. The van der Waals surface area contributed by atoms with Crippen molar-refractivity contribution < 1.29 is 18.0 Å². The van der Waals surface area contributed by atoms with E-state index >= 15 is 0 Å². The Kier molecular flexibility index (Phi) is 5.26. The highest BCUT2D eigenvalue weighted by Gasteiger charge is 2.32. The third kappa shape index (κ3) is 6.07. The lowest BCUT2D eigenvalue weighted by molar-refractivity contribution is -0.154. The summed E-state index contributed by atoms with van der Waals surface area (Å²) in [6, 6.07) is -0.411. The number of hydrogen-bond donors (Lipinski definition) is 1. The van der Waals surface area contributed by atoms with Gasteiger partial charge in [-0.3, -0.25) is 4.79 Å². The van der Waals surface area contributed by atoms with Crippen molar-refractivity contribution in [1.82, 2.24) is 5.32 Å². The number of halogens is 4. The van der Waals surface area contributed by atoms with Gasteiger partial charge in [0.2, 0.25) is 5.91 Å². The topological polar surface area (TPSA) is 29.1 Å². The lowest BCUT2D eigenvalue weighted by atomic mass is 10.1. The van der Waals surface area contributed by atoms with E-state index in [0.29, 0.717) is 0 Å². The Balaban J connectivity index is 4.04. The van der Waals surface area contributed by atoms with Crippen LogP contribution in [0.1, 0.15) is 20.3 Å². The molecule has 0 saturated carbocycles. The van der Waals surface area contributed by atoms with E-state index in [-0.39, 0.29) is 11.8 Å². The minimum absolute atomic E-state index is 0.0182. The minimum atomic E-state index is -4.46. The molecule has 0 aromatic rings. The van der Waals surface area contributed by atoms with Crippen LogP contribution in [-0.2, 0) is 4.79 Å². The van der Waals surface area contributed by atoms with Gasteiger partial charge in [0.1, 0.15) is 6.42 Å². The maximum Gasteiger partial charge on any atom is 0.397 e. The number of carbonyl (C=O) groups excluding carboxylic acids is 1. The molecule has 0 aromatic carbocycles. The smallest absolute Gasteiger partial charge is 0.352 e. The van der Waals surface area contributed by atoms with Crippen molar-refractivity contribution in [2.24, 2.45) is 5.92 Å². The van der Waals surface area contributed by atoms with Gasteiger partial charge in [-0.1, -0.05) is 13.8 Å². The van der Waals surface area contributed by atoms with E-state index in [9.17, 15) is 18.0 Å². The van der Waals surface area contributed by atoms with E-state index in [0.717, 1.165) is 0 Å². The molecule has 0 spiro atoms. The third-order valence-corrected chi connectivity index (χ3v) is 2.01. The van der Waals surface area contributed by atoms with E-state index in [2.05, 4.69) is 5.32 Å². The van der Waals surface area contributed by atoms with Crippen LogP contribution in [0.2, 0.25) is 0 Å². The summed E-state index contributed by atoms with van der Waals surface area (Å²) < 4.78 is 35.3. The Morgan fingerprint density at radius 3 is 2.21 bits per heavy atom. The van der Waals surface area contributed by atoms with Gasteiger partial charge >= 0.3 is 6.18 Å². The summed E-state index contributed by atoms with van der Waals surface area (Å²) in [5.41, 5.74) is 0. The predicted molar refractivity (Wildman–Crippen MR) is 48.2 cm³/mol. The van der Waals surface area contributed by atoms with Gasteiger partial charge in [0, 0.05) is 11.9 Å². The summed E-state index contributed by atoms with van der Waals surface area (Å²) in [6.07, 6.45) is -5.91. The van der Waals surface area contributed by atoms with Crippen LogP contribution in [0.5, 0.6) is 0 Å². The van der Waals surface area contributed by atoms with Crippen molar-refractivity contribution in [3.8, 4) is 0 Å². The molecule has 0 bridgehead atoms. The fourth-order valence-electron chi connectivity index (χ4n) is 0.823. The second-order valence-corrected chi connectivity index (χ2v) is 3.67. The van der Waals surface area contributed by atoms with Crippen molar-refractivity contribution in [1.29, 1.82) is 0 Å². The van der Waals surface area contributed by atoms with Gasteiger partial charge in [0.05, 0.1) is 0 Å². The quantitative estimate of drug-likeness (QED) is 0.740. The molecule has 2 nitrogen and oxygen atoms in total. The summed E-state index contributed by atoms with van der Waals surface area (Å²) >= 11 is 5.48. The Morgan fingerprint density at radius 2 is 1.93 bits per heavy atom. The Labute approximate surface area is 85.8 Å². The zero-order valence-electron chi connectivity index (χ0n) is 7.99. The van der Waals surface area contributed by atoms with Gasteiger partial charge in [0.15, 0.2) is 0 Å². The lowest BCUT2D eigenvalue weighted by Gasteiger charge is -2.20. The molecular formula is C8H13ClF3NO. The fraction of sp³-hybridized carbons (Fsp3) is 0.875. The first-order valence-electron chi connectivity index (χ1n) is 4.18. The van der Waals surface area contributed by atoms with Gasteiger partial charge in [-0.05, 0) is 5.92 Å². The van der Waals surface area contributed by atoms with Crippen LogP contribution >= 0.6 is 11.6 Å². The zero-order valence-corrected chi connectivity index (χ0v) is 8.74. The molecular weight excluding hydrogens is 219 g/mol. The largest absolute Gasteiger partial charge is 0.397 e. The molecule has 0 aliphatic carbocycles. The summed E-state index contributed by atoms with van der Waals surface area (Å²) in [5, 5.41) is 2.23. The average molecular weight is 232 g/mol. The SMILES string of the molecule is CC(C)C(CCl)NC(=O)CC(F)(F)F. The highest BCUT2D eigenvalue weighted by atomic mass is 35.5. The molecule has 84 valence electrons. The van der Waals surface area contributed by atoms with Crippen LogP contribution in [0, 0.1) is 5.92 Å². The van der Waals surface area contributed by atoms with Crippen molar-refractivity contribution in [3.05, 3.63) is 0 Å². The standard InChI is InChI=1S/C8H13ClF3NO/c1-5(2)6(4-9)13-7(14)3-8(10,11)12/h5-6H,3-4H2,1-2H3,(H,13,14). The summed E-state index contributed by atoms with van der Waals surface area (Å²) in [5.74, 6) is -0.900. The first-order valence-corrected chi connectivity index (χ1v) is 4.71. The molecule has 1 atom stereocenters. The van der Waals surface area contributed by atoms with Gasteiger partial charge in [-0.15, -0.1) is 11.6 Å². The minimum Gasteiger partial charge on any atom is -0.352 e. The third-order valence-electron chi connectivity index (χ3n) is 1.68. The maximum atomic E-state index is 11.8. The second kappa shape index (κ2) is 5.44. The van der Waals surface area contributed by atoms with E-state index in [1.54, 1.807) is 13.8 Å². The first-order chi connectivity index (χ1) is 6.26. The van der Waals surface area contributed by atoms with Crippen LogP contribution in [0.3, 0.4) is 0 Å². The molecule has 0 aromatic heterocycles. The van der Waals surface area contributed by atoms with Crippen molar-refractivity contribution in [2.45, 2.75) is 32.5 Å². The number of rotatable bonds is 4. The second-order valence-electron chi connectivity index (χ2n) is 3.36. The number of alkyl halides is 4. The van der Waals surface area contributed by atoms with Crippen LogP contribution in [-0.4, -0.2) is 24.0 Å². The summed E-state index contributed by atoms with van der Waals surface area (Å²) in [4.78, 5) is 10.8. The molecule has 0 radical (unpaired) electrons. The summed E-state index contributed by atoms with van der Waals surface area (Å²) in [6.45, 7) is 3.56. The molecule has 1 unspecified atom stereocenters. The molecule has 1 amide bonds. The zero-order chi connectivity index (χ0) is 11.4. The molecule has 0 aliphatic rings. The van der Waals surface area contributed by atoms with Gasteiger partial charge < -0.3 is 5.32 Å². The van der Waals surface area contributed by atoms with Crippen molar-refractivity contribution >= 4 is 17.5 Å². The molecule has 0 rings (SSSR count). The number of carbonyl (C=O) groups is 1. The number of hydrogen-bond acceptors (Lipinski definition) is 1. The van der Waals surface area contributed by atoms with Crippen molar-refractivity contribution in [2.75, 3.05) is 5.88 Å². The highest BCUT2D eigenvalue weighted by molar-refractivity contribution is 6.18. The normalized spacial score (nSPS) is 14.2. The number of nitrogens with one attached hydrogen (secondary N) is 1. The Hall–Kier alpha value is -0.450. The molecule has 0 fully saturated rings.